The molecule has 0 spiro atoms. The summed E-state index contributed by atoms with van der Waals surface area (Å²) < 4.78 is 18.7. The van der Waals surface area contributed by atoms with Crippen LogP contribution >= 0.6 is 0 Å². The summed E-state index contributed by atoms with van der Waals surface area (Å²) in [5.74, 6) is 0.451. The molecular formula is C23H31FN4O. The maximum atomic E-state index is 13.2. The summed E-state index contributed by atoms with van der Waals surface area (Å²) in [5.41, 5.74) is 3.43. The van der Waals surface area contributed by atoms with Crippen LogP contribution in [0.2, 0.25) is 0 Å². The number of hydrogen-bond donors (Lipinski definition) is 2. The van der Waals surface area contributed by atoms with Crippen LogP contribution in [0.25, 0.3) is 0 Å². The number of nitrogens with one attached hydrogen (secondary N) is 2. The normalized spacial score (nSPS) is 16.6. The zero-order valence-electron chi connectivity index (χ0n) is 17.5. The molecule has 0 saturated carbocycles. The Labute approximate surface area is 173 Å². The number of methoxy groups -OCH3 is 1. The lowest BCUT2D eigenvalue weighted by atomic mass is 10.1. The number of hydrogen-bond acceptors (Lipinski definition) is 3. The van der Waals surface area contributed by atoms with Crippen molar-refractivity contribution in [1.29, 1.82) is 0 Å². The van der Waals surface area contributed by atoms with Gasteiger partial charge in [-0.25, -0.2) is 4.39 Å². The minimum Gasteiger partial charge on any atom is -0.375 e. The molecule has 2 unspecified atom stereocenters. The number of halogens is 1. The van der Waals surface area contributed by atoms with Crippen LogP contribution in [0.3, 0.4) is 0 Å². The van der Waals surface area contributed by atoms with Crippen molar-refractivity contribution < 1.29 is 9.13 Å². The third kappa shape index (κ3) is 5.70. The van der Waals surface area contributed by atoms with Gasteiger partial charge in [0.05, 0.1) is 12.1 Å². The summed E-state index contributed by atoms with van der Waals surface area (Å²) in [6.07, 6.45) is 2.34. The van der Waals surface area contributed by atoms with Crippen molar-refractivity contribution in [3.05, 3.63) is 65.5 Å². The first-order valence-electron chi connectivity index (χ1n) is 10.2. The maximum absolute atomic E-state index is 13.2. The van der Waals surface area contributed by atoms with Crippen LogP contribution in [-0.2, 0) is 4.74 Å². The second-order valence-electron chi connectivity index (χ2n) is 7.38. The van der Waals surface area contributed by atoms with Crippen LogP contribution in [-0.4, -0.2) is 39.8 Å². The summed E-state index contributed by atoms with van der Waals surface area (Å²) in [4.78, 5) is 6.78. The third-order valence-corrected chi connectivity index (χ3v) is 5.40. The van der Waals surface area contributed by atoms with Crippen LogP contribution in [0.4, 0.5) is 10.1 Å². The number of nitrogens with zero attached hydrogens (tertiary/aromatic N) is 2. The van der Waals surface area contributed by atoms with E-state index in [4.69, 9.17) is 4.74 Å². The highest BCUT2D eigenvalue weighted by Crippen LogP contribution is 2.24. The van der Waals surface area contributed by atoms with Crippen molar-refractivity contribution >= 4 is 11.6 Å². The highest BCUT2D eigenvalue weighted by molar-refractivity contribution is 5.80. The SMILES string of the molecule is CN=C(NCC(OC)c1ccc(F)cc1)NC(C)c1cccc(N2CCCC2)c1. The Hall–Kier alpha value is -2.60. The zero-order chi connectivity index (χ0) is 20.6. The van der Waals surface area contributed by atoms with Crippen LogP contribution in [0.5, 0.6) is 0 Å². The molecule has 2 aromatic carbocycles. The van der Waals surface area contributed by atoms with Crippen LogP contribution in [0.1, 0.15) is 43.0 Å². The summed E-state index contributed by atoms with van der Waals surface area (Å²) in [5, 5.41) is 6.76. The molecule has 6 heteroatoms. The summed E-state index contributed by atoms with van der Waals surface area (Å²) in [6.45, 7) is 4.93. The number of ether oxygens (including phenoxy) is 1. The van der Waals surface area contributed by atoms with Gasteiger partial charge in [0.1, 0.15) is 5.82 Å². The largest absolute Gasteiger partial charge is 0.375 e. The quantitative estimate of drug-likeness (QED) is 0.546. The fourth-order valence-electron chi connectivity index (χ4n) is 3.65. The van der Waals surface area contributed by atoms with E-state index in [1.807, 2.05) is 0 Å². The predicted octanol–water partition coefficient (Wildman–Crippen LogP) is 4.04. The molecule has 156 valence electrons. The monoisotopic (exact) mass is 398 g/mol. The molecule has 0 bridgehead atoms. The van der Waals surface area contributed by atoms with Gasteiger partial charge in [-0.15, -0.1) is 0 Å². The number of guanidine groups is 1. The van der Waals surface area contributed by atoms with Gasteiger partial charge >= 0.3 is 0 Å². The van der Waals surface area contributed by atoms with Crippen LogP contribution in [0, 0.1) is 5.82 Å². The maximum Gasteiger partial charge on any atom is 0.191 e. The fraction of sp³-hybridized carbons (Fsp3) is 0.435. The molecule has 0 aromatic heterocycles. The van der Waals surface area contributed by atoms with E-state index < -0.39 is 0 Å². The van der Waals surface area contributed by atoms with Gasteiger partial charge in [0.25, 0.3) is 0 Å². The predicted molar refractivity (Wildman–Crippen MR) is 117 cm³/mol. The standard InChI is InChI=1S/C23H31FN4O/c1-17(19-7-6-8-21(15-19)28-13-4-5-14-28)27-23(25-2)26-16-22(29-3)18-9-11-20(24)12-10-18/h6-12,15,17,22H,4-5,13-14,16H2,1-3H3,(H2,25,26,27). The number of aliphatic imine (C=N–C) groups is 1. The molecule has 0 radical (unpaired) electrons. The zero-order valence-corrected chi connectivity index (χ0v) is 17.5. The van der Waals surface area contributed by atoms with E-state index in [1.54, 1.807) is 26.3 Å². The smallest absolute Gasteiger partial charge is 0.191 e. The summed E-state index contributed by atoms with van der Waals surface area (Å²) >= 11 is 0. The number of benzene rings is 2. The molecule has 1 saturated heterocycles. The Morgan fingerprint density at radius 1 is 1.14 bits per heavy atom. The molecule has 1 aliphatic rings. The lowest BCUT2D eigenvalue weighted by Crippen LogP contribution is -2.40. The summed E-state index contributed by atoms with van der Waals surface area (Å²) in [7, 11) is 3.40. The molecule has 1 fully saturated rings. The van der Waals surface area contributed by atoms with E-state index in [-0.39, 0.29) is 18.0 Å². The molecule has 3 rings (SSSR count). The van der Waals surface area contributed by atoms with E-state index in [9.17, 15) is 4.39 Å². The van der Waals surface area contributed by atoms with Crippen molar-refractivity contribution in [2.45, 2.75) is 31.9 Å². The van der Waals surface area contributed by atoms with E-state index in [0.29, 0.717) is 12.5 Å². The molecule has 5 nitrogen and oxygen atoms in total. The third-order valence-electron chi connectivity index (χ3n) is 5.40. The minimum absolute atomic E-state index is 0.107. The van der Waals surface area contributed by atoms with Gasteiger partial charge in [-0.05, 0) is 55.2 Å². The Morgan fingerprint density at radius 3 is 2.52 bits per heavy atom. The first-order valence-corrected chi connectivity index (χ1v) is 10.2. The van der Waals surface area contributed by atoms with Gasteiger partial charge in [0, 0.05) is 39.5 Å². The van der Waals surface area contributed by atoms with E-state index in [0.717, 1.165) is 18.7 Å². The second-order valence-corrected chi connectivity index (χ2v) is 7.38. The average Bonchev–Trinajstić information content (AvgIpc) is 3.29. The molecule has 1 aliphatic heterocycles. The highest BCUT2D eigenvalue weighted by atomic mass is 19.1. The first-order chi connectivity index (χ1) is 14.1. The number of rotatable bonds is 7. The van der Waals surface area contributed by atoms with Gasteiger partial charge < -0.3 is 20.3 Å². The van der Waals surface area contributed by atoms with Crippen molar-refractivity contribution in [3.63, 3.8) is 0 Å². The molecule has 0 amide bonds. The van der Waals surface area contributed by atoms with Crippen molar-refractivity contribution in [1.82, 2.24) is 10.6 Å². The van der Waals surface area contributed by atoms with E-state index in [2.05, 4.69) is 51.7 Å². The topological polar surface area (TPSA) is 48.9 Å². The fourth-order valence-corrected chi connectivity index (χ4v) is 3.65. The Kier molecular flexibility index (Phi) is 7.47. The lowest BCUT2D eigenvalue weighted by molar-refractivity contribution is 0.106. The lowest BCUT2D eigenvalue weighted by Gasteiger charge is -2.23. The van der Waals surface area contributed by atoms with Gasteiger partial charge in [-0.1, -0.05) is 24.3 Å². The van der Waals surface area contributed by atoms with Gasteiger partial charge in [-0.2, -0.15) is 0 Å². The molecule has 29 heavy (non-hydrogen) atoms. The molecule has 0 aliphatic carbocycles. The average molecular weight is 399 g/mol. The van der Waals surface area contributed by atoms with Crippen molar-refractivity contribution in [3.8, 4) is 0 Å². The molecule has 2 atom stereocenters. The molecule has 2 aromatic rings. The van der Waals surface area contributed by atoms with Crippen molar-refractivity contribution in [2.24, 2.45) is 4.99 Å². The van der Waals surface area contributed by atoms with Crippen molar-refractivity contribution in [2.75, 3.05) is 38.7 Å². The Balaban J connectivity index is 1.59. The molecular weight excluding hydrogens is 367 g/mol. The van der Waals surface area contributed by atoms with Crippen LogP contribution in [0.15, 0.2) is 53.5 Å². The van der Waals surface area contributed by atoms with Crippen LogP contribution < -0.4 is 15.5 Å². The van der Waals surface area contributed by atoms with Gasteiger partial charge in [0.15, 0.2) is 5.96 Å². The van der Waals surface area contributed by atoms with Gasteiger partial charge in [0.2, 0.25) is 0 Å². The summed E-state index contributed by atoms with van der Waals surface area (Å²) in [6, 6.07) is 15.2. The Morgan fingerprint density at radius 2 is 1.86 bits per heavy atom. The highest BCUT2D eigenvalue weighted by Gasteiger charge is 2.16. The molecule has 1 heterocycles. The Bertz CT molecular complexity index is 803. The second kappa shape index (κ2) is 10.3. The minimum atomic E-state index is -0.251. The van der Waals surface area contributed by atoms with E-state index >= 15 is 0 Å². The van der Waals surface area contributed by atoms with E-state index in [1.165, 1.54) is 36.2 Å². The first kappa shape index (κ1) is 21.1. The molecule has 2 N–H and O–H groups in total. The van der Waals surface area contributed by atoms with Gasteiger partial charge in [-0.3, -0.25) is 4.99 Å². The number of anilines is 1.